The monoisotopic (exact) mass is 412 g/mol. The average Bonchev–Trinajstić information content (AvgIpc) is 3.16. The molecule has 0 radical (unpaired) electrons. The van der Waals surface area contributed by atoms with E-state index in [1.807, 2.05) is 0 Å². The third-order valence-corrected chi connectivity index (χ3v) is 4.84. The van der Waals surface area contributed by atoms with Crippen molar-refractivity contribution < 1.29 is 34.1 Å². The van der Waals surface area contributed by atoms with Gasteiger partial charge in [-0.1, -0.05) is 11.6 Å². The van der Waals surface area contributed by atoms with Crippen molar-refractivity contribution in [2.45, 2.75) is 32.1 Å². The molecule has 2 aromatic heterocycles. The van der Waals surface area contributed by atoms with Crippen molar-refractivity contribution in [2.75, 3.05) is 6.61 Å². The molecule has 0 aromatic carbocycles. The number of aliphatic carboxylic acids is 2. The third-order valence-electron chi connectivity index (χ3n) is 4.57. The molecular weight excluding hydrogens is 396 g/mol. The van der Waals surface area contributed by atoms with Gasteiger partial charge in [0.05, 0.1) is 25.3 Å². The lowest BCUT2D eigenvalue weighted by Crippen LogP contribution is -2.29. The van der Waals surface area contributed by atoms with Crippen LogP contribution in [0.4, 0.5) is 0 Å². The highest BCUT2D eigenvalue weighted by Crippen LogP contribution is 2.44. The minimum absolute atomic E-state index is 0.120. The molecule has 12 heteroatoms. The molecule has 0 amide bonds. The number of imidazole rings is 1. The lowest BCUT2D eigenvalue weighted by atomic mass is 9.84. The Hall–Kier alpha value is -2.79. The van der Waals surface area contributed by atoms with E-state index >= 15 is 0 Å². The first-order valence-electron chi connectivity index (χ1n) is 8.33. The zero-order valence-electron chi connectivity index (χ0n) is 14.7. The van der Waals surface area contributed by atoms with Crippen LogP contribution in [-0.2, 0) is 23.9 Å². The molecule has 2 N–H and O–H groups in total. The molecule has 1 aliphatic rings. The number of carbonyl (C=O) groups is 3. The topological polar surface area (TPSA) is 154 Å². The van der Waals surface area contributed by atoms with Gasteiger partial charge in [-0.15, -0.1) is 0 Å². The van der Waals surface area contributed by atoms with Crippen molar-refractivity contribution in [3.63, 3.8) is 0 Å². The van der Waals surface area contributed by atoms with Crippen molar-refractivity contribution in [3.8, 4) is 0 Å². The lowest BCUT2D eigenvalue weighted by Gasteiger charge is -2.22. The Morgan fingerprint density at radius 1 is 1.18 bits per heavy atom. The lowest BCUT2D eigenvalue weighted by molar-refractivity contribution is -0.147. The third kappa shape index (κ3) is 4.04. The zero-order valence-corrected chi connectivity index (χ0v) is 15.4. The molecular formula is C16H17ClN4O7. The summed E-state index contributed by atoms with van der Waals surface area (Å²) in [4.78, 5) is 46.1. The quantitative estimate of drug-likeness (QED) is 0.499. The molecule has 0 spiro atoms. The highest BCUT2D eigenvalue weighted by atomic mass is 35.5. The van der Waals surface area contributed by atoms with Gasteiger partial charge in [0.1, 0.15) is 24.7 Å². The largest absolute Gasteiger partial charge is 0.481 e. The summed E-state index contributed by atoms with van der Waals surface area (Å²) in [6, 6.07) is 0. The summed E-state index contributed by atoms with van der Waals surface area (Å²) in [5.41, 5.74) is 0.627. The Morgan fingerprint density at radius 3 is 2.50 bits per heavy atom. The number of carbonyl (C=O) groups excluding carboxylic acids is 1. The highest BCUT2D eigenvalue weighted by molar-refractivity contribution is 6.33. The van der Waals surface area contributed by atoms with E-state index in [2.05, 4.69) is 15.0 Å². The number of carboxylic acid groups (broad SMARTS) is 2. The summed E-state index contributed by atoms with van der Waals surface area (Å²) in [5.74, 6) is -4.20. The summed E-state index contributed by atoms with van der Waals surface area (Å²) in [6.07, 6.45) is 0.243. The van der Waals surface area contributed by atoms with Crippen LogP contribution in [-0.4, -0.2) is 60.4 Å². The van der Waals surface area contributed by atoms with Crippen LogP contribution in [0.1, 0.15) is 26.0 Å². The summed E-state index contributed by atoms with van der Waals surface area (Å²) in [5, 5.41) is 18.7. The van der Waals surface area contributed by atoms with Gasteiger partial charge in [0, 0.05) is 18.8 Å². The number of ether oxygens (including phenoxy) is 2. The van der Waals surface area contributed by atoms with E-state index in [1.165, 1.54) is 24.1 Å². The number of aromatic nitrogens is 4. The fourth-order valence-corrected chi connectivity index (χ4v) is 3.63. The smallest absolute Gasteiger partial charge is 0.303 e. The van der Waals surface area contributed by atoms with Crippen molar-refractivity contribution in [1.82, 2.24) is 19.5 Å². The van der Waals surface area contributed by atoms with Gasteiger partial charge in [-0.25, -0.2) is 15.0 Å². The minimum Gasteiger partial charge on any atom is -0.481 e. The summed E-state index contributed by atoms with van der Waals surface area (Å²) >= 11 is 6.01. The molecule has 3 rings (SSSR count). The van der Waals surface area contributed by atoms with E-state index in [4.69, 9.17) is 21.1 Å². The summed E-state index contributed by atoms with van der Waals surface area (Å²) in [7, 11) is 0. The van der Waals surface area contributed by atoms with Gasteiger partial charge < -0.3 is 19.7 Å². The highest BCUT2D eigenvalue weighted by Gasteiger charge is 2.48. The van der Waals surface area contributed by atoms with E-state index in [0.29, 0.717) is 11.2 Å². The molecule has 1 aliphatic heterocycles. The maximum atomic E-state index is 11.4. The first kappa shape index (κ1) is 20.0. The number of hydrogen-bond acceptors (Lipinski definition) is 8. The van der Waals surface area contributed by atoms with Gasteiger partial charge in [-0.2, -0.15) is 0 Å². The predicted molar refractivity (Wildman–Crippen MR) is 92.4 cm³/mol. The molecule has 150 valence electrons. The Balaban J connectivity index is 2.01. The molecule has 2 aromatic rings. The van der Waals surface area contributed by atoms with E-state index in [-0.39, 0.29) is 24.6 Å². The Bertz CT molecular complexity index is 918. The Labute approximate surface area is 163 Å². The number of nitrogens with zero attached hydrogens (tertiary/aromatic N) is 4. The summed E-state index contributed by atoms with van der Waals surface area (Å²) in [6.45, 7) is 1.03. The second-order valence-corrected chi connectivity index (χ2v) is 6.74. The van der Waals surface area contributed by atoms with Crippen LogP contribution in [0.15, 0.2) is 12.7 Å². The van der Waals surface area contributed by atoms with E-state index in [0.717, 1.165) is 0 Å². The fraction of sp³-hybridized carbons (Fsp3) is 0.500. The number of esters is 1. The molecule has 1 fully saturated rings. The van der Waals surface area contributed by atoms with Gasteiger partial charge in [0.2, 0.25) is 0 Å². The van der Waals surface area contributed by atoms with E-state index in [1.54, 1.807) is 0 Å². The number of carboxylic acids is 2. The molecule has 1 saturated heterocycles. The van der Waals surface area contributed by atoms with Crippen LogP contribution in [0.25, 0.3) is 11.2 Å². The van der Waals surface area contributed by atoms with Crippen LogP contribution < -0.4 is 0 Å². The Morgan fingerprint density at radius 2 is 1.86 bits per heavy atom. The molecule has 0 bridgehead atoms. The molecule has 11 nitrogen and oxygen atoms in total. The summed E-state index contributed by atoms with van der Waals surface area (Å²) < 4.78 is 12.4. The first-order valence-corrected chi connectivity index (χ1v) is 8.71. The molecule has 4 atom stereocenters. The molecule has 28 heavy (non-hydrogen) atoms. The van der Waals surface area contributed by atoms with Crippen LogP contribution in [0.2, 0.25) is 5.15 Å². The maximum Gasteiger partial charge on any atom is 0.303 e. The van der Waals surface area contributed by atoms with Crippen molar-refractivity contribution in [1.29, 1.82) is 0 Å². The van der Waals surface area contributed by atoms with E-state index < -0.39 is 42.1 Å². The predicted octanol–water partition coefficient (Wildman–Crippen LogP) is 1.12. The average molecular weight is 413 g/mol. The minimum atomic E-state index is -1.11. The molecule has 0 aliphatic carbocycles. The Kier molecular flexibility index (Phi) is 5.75. The van der Waals surface area contributed by atoms with Crippen LogP contribution in [0.3, 0.4) is 0 Å². The van der Waals surface area contributed by atoms with Gasteiger partial charge in [0.25, 0.3) is 0 Å². The van der Waals surface area contributed by atoms with Gasteiger partial charge >= 0.3 is 17.9 Å². The van der Waals surface area contributed by atoms with Crippen molar-refractivity contribution in [2.24, 2.45) is 11.8 Å². The first-order chi connectivity index (χ1) is 13.3. The van der Waals surface area contributed by atoms with Crippen molar-refractivity contribution in [3.05, 3.63) is 17.8 Å². The normalized spacial score (nSPS) is 24.4. The van der Waals surface area contributed by atoms with E-state index in [9.17, 15) is 24.6 Å². The van der Waals surface area contributed by atoms with Crippen LogP contribution >= 0.6 is 11.6 Å². The van der Waals surface area contributed by atoms with Crippen molar-refractivity contribution >= 4 is 40.7 Å². The fourth-order valence-electron chi connectivity index (χ4n) is 3.45. The standard InChI is InChI=1S/C16H17ClN4O7/c1-7(22)27-4-10-8(2-11(23)24)9(3-12(25)26)16(28-10)21-6-20-13-14(17)18-5-19-15(13)21/h5-6,8-10,16H,2-4H2,1H3,(H,23,24)(H,25,26)/t8-,9-,10+,16-/m1/s1. The van der Waals surface area contributed by atoms with Gasteiger partial charge in [-0.3, -0.25) is 19.0 Å². The van der Waals surface area contributed by atoms with Gasteiger partial charge in [0.15, 0.2) is 10.8 Å². The second-order valence-electron chi connectivity index (χ2n) is 6.38. The number of rotatable bonds is 7. The van der Waals surface area contributed by atoms with Gasteiger partial charge in [-0.05, 0) is 0 Å². The second kappa shape index (κ2) is 8.07. The number of fused-ring (bicyclic) bond motifs is 1. The number of hydrogen-bond donors (Lipinski definition) is 2. The number of halogens is 1. The molecule has 0 unspecified atom stereocenters. The van der Waals surface area contributed by atoms with Crippen LogP contribution in [0.5, 0.6) is 0 Å². The van der Waals surface area contributed by atoms with Crippen LogP contribution in [0, 0.1) is 11.8 Å². The maximum absolute atomic E-state index is 11.4. The molecule has 0 saturated carbocycles. The molecule has 3 heterocycles. The SMILES string of the molecule is CC(=O)OC[C@@H]1O[C@@H](n2cnc3c(Cl)ncnc32)[C@H](CC(=O)O)[C@H]1CC(=O)O. The zero-order chi connectivity index (χ0) is 20.4.